The molecule has 3 N–H and O–H groups in total. The van der Waals surface area contributed by atoms with E-state index in [0.29, 0.717) is 5.39 Å². The molecule has 0 unspecified atom stereocenters. The standard InChI is InChI=1S/C21H16O7/c1-2-16(22)28-9-8-12-10-15(21(26)27)18-13(19(12)23)7-6-11-4-3-5-14(17(11)18)20(24)25/h2-7,10,23H,1,8-9H2,(H,24,25)(H,26,27). The van der Waals surface area contributed by atoms with Gasteiger partial charge >= 0.3 is 17.9 Å². The number of esters is 1. The summed E-state index contributed by atoms with van der Waals surface area (Å²) in [6, 6.07) is 9.07. The van der Waals surface area contributed by atoms with Gasteiger partial charge in [0.05, 0.1) is 17.7 Å². The minimum atomic E-state index is -1.26. The number of phenolic OH excluding ortho intramolecular Hbond substituents is 1. The van der Waals surface area contributed by atoms with Gasteiger partial charge in [-0.25, -0.2) is 14.4 Å². The molecule has 28 heavy (non-hydrogen) atoms. The van der Waals surface area contributed by atoms with Crippen molar-refractivity contribution in [2.24, 2.45) is 0 Å². The molecule has 3 rings (SSSR count). The van der Waals surface area contributed by atoms with Crippen LogP contribution in [0.4, 0.5) is 0 Å². The van der Waals surface area contributed by atoms with Crippen LogP contribution in [-0.2, 0) is 16.0 Å². The molecule has 3 aromatic carbocycles. The van der Waals surface area contributed by atoms with E-state index in [1.165, 1.54) is 12.1 Å². The van der Waals surface area contributed by atoms with Crippen molar-refractivity contribution in [2.45, 2.75) is 6.42 Å². The number of carbonyl (C=O) groups is 3. The lowest BCUT2D eigenvalue weighted by Crippen LogP contribution is -2.07. The van der Waals surface area contributed by atoms with Crippen molar-refractivity contribution < 1.29 is 34.4 Å². The quantitative estimate of drug-likeness (QED) is 0.340. The van der Waals surface area contributed by atoms with Gasteiger partial charge in [-0.3, -0.25) is 0 Å². The topological polar surface area (TPSA) is 121 Å². The predicted molar refractivity (Wildman–Crippen MR) is 102 cm³/mol. The zero-order valence-electron chi connectivity index (χ0n) is 14.6. The second-order valence-electron chi connectivity index (χ2n) is 6.06. The van der Waals surface area contributed by atoms with E-state index in [1.54, 1.807) is 24.3 Å². The van der Waals surface area contributed by atoms with Crippen molar-refractivity contribution in [3.8, 4) is 5.75 Å². The van der Waals surface area contributed by atoms with Crippen LogP contribution in [-0.4, -0.2) is 39.8 Å². The number of benzene rings is 3. The summed E-state index contributed by atoms with van der Waals surface area (Å²) >= 11 is 0. The smallest absolute Gasteiger partial charge is 0.336 e. The summed E-state index contributed by atoms with van der Waals surface area (Å²) in [6.45, 7) is 3.21. The average molecular weight is 380 g/mol. The largest absolute Gasteiger partial charge is 0.507 e. The number of phenols is 1. The molecule has 0 aliphatic heterocycles. The minimum absolute atomic E-state index is 0.0577. The summed E-state index contributed by atoms with van der Waals surface area (Å²) < 4.78 is 4.89. The number of aromatic carboxylic acids is 2. The average Bonchev–Trinajstić information content (AvgIpc) is 2.68. The number of rotatable bonds is 6. The highest BCUT2D eigenvalue weighted by atomic mass is 16.5. The van der Waals surface area contributed by atoms with E-state index in [1.807, 2.05) is 0 Å². The Bertz CT molecular complexity index is 1140. The van der Waals surface area contributed by atoms with Crippen LogP contribution in [0.2, 0.25) is 0 Å². The van der Waals surface area contributed by atoms with E-state index >= 15 is 0 Å². The summed E-state index contributed by atoms with van der Waals surface area (Å²) in [5.74, 6) is -3.27. The fourth-order valence-electron chi connectivity index (χ4n) is 3.20. The Morgan fingerprint density at radius 2 is 1.71 bits per heavy atom. The molecule has 7 heteroatoms. The third kappa shape index (κ3) is 3.25. The van der Waals surface area contributed by atoms with Gasteiger partial charge in [0.1, 0.15) is 5.75 Å². The molecule has 0 aliphatic rings. The Balaban J connectivity index is 2.28. The Morgan fingerprint density at radius 1 is 1.00 bits per heavy atom. The predicted octanol–water partition coefficient (Wildman–Crippen LogP) is 3.37. The zero-order valence-corrected chi connectivity index (χ0v) is 14.6. The van der Waals surface area contributed by atoms with Crippen LogP contribution in [0.3, 0.4) is 0 Å². The van der Waals surface area contributed by atoms with Crippen molar-refractivity contribution in [1.82, 2.24) is 0 Å². The van der Waals surface area contributed by atoms with Gasteiger partial charge in [-0.05, 0) is 29.1 Å². The molecule has 0 spiro atoms. The summed E-state index contributed by atoms with van der Waals surface area (Å²) in [7, 11) is 0. The molecular weight excluding hydrogens is 364 g/mol. The summed E-state index contributed by atoms with van der Waals surface area (Å²) in [5, 5.41) is 31.0. The van der Waals surface area contributed by atoms with Gasteiger partial charge in [0.15, 0.2) is 0 Å². The number of hydrogen-bond donors (Lipinski definition) is 3. The maximum Gasteiger partial charge on any atom is 0.336 e. The van der Waals surface area contributed by atoms with Gasteiger partial charge in [0.25, 0.3) is 0 Å². The van der Waals surface area contributed by atoms with E-state index in [-0.39, 0.29) is 51.6 Å². The number of carboxylic acids is 2. The van der Waals surface area contributed by atoms with Crippen LogP contribution < -0.4 is 0 Å². The molecule has 0 heterocycles. The van der Waals surface area contributed by atoms with Crippen molar-refractivity contribution in [1.29, 1.82) is 0 Å². The fourth-order valence-corrected chi connectivity index (χ4v) is 3.20. The first kappa shape index (κ1) is 18.9. The highest BCUT2D eigenvalue weighted by Crippen LogP contribution is 2.38. The summed E-state index contributed by atoms with van der Waals surface area (Å²) in [4.78, 5) is 34.7. The van der Waals surface area contributed by atoms with Gasteiger partial charge in [-0.1, -0.05) is 24.8 Å². The maximum atomic E-state index is 11.9. The monoisotopic (exact) mass is 380 g/mol. The number of hydrogen-bond acceptors (Lipinski definition) is 5. The molecule has 7 nitrogen and oxygen atoms in total. The SMILES string of the molecule is C=CC(=O)OCCc1cc(C(=O)O)c2c(ccc3cccc(C(=O)O)c32)c1O. The van der Waals surface area contributed by atoms with E-state index in [2.05, 4.69) is 6.58 Å². The summed E-state index contributed by atoms with van der Waals surface area (Å²) in [6.07, 6.45) is 1.09. The van der Waals surface area contributed by atoms with Crippen LogP contribution >= 0.6 is 0 Å². The Hall–Kier alpha value is -3.87. The van der Waals surface area contributed by atoms with E-state index in [4.69, 9.17) is 4.74 Å². The van der Waals surface area contributed by atoms with Gasteiger partial charge in [0.2, 0.25) is 0 Å². The molecule has 0 amide bonds. The number of carbonyl (C=O) groups excluding carboxylic acids is 1. The van der Waals surface area contributed by atoms with Crippen LogP contribution in [0.15, 0.2) is 49.1 Å². The van der Waals surface area contributed by atoms with E-state index < -0.39 is 17.9 Å². The maximum absolute atomic E-state index is 11.9. The first-order chi connectivity index (χ1) is 13.3. The molecule has 0 bridgehead atoms. The Kier molecular flexibility index (Phi) is 5.00. The molecule has 142 valence electrons. The van der Waals surface area contributed by atoms with Crippen LogP contribution in [0.5, 0.6) is 5.75 Å². The van der Waals surface area contributed by atoms with Crippen molar-refractivity contribution in [3.05, 3.63) is 65.7 Å². The Morgan fingerprint density at radius 3 is 2.36 bits per heavy atom. The third-order valence-electron chi connectivity index (χ3n) is 4.44. The van der Waals surface area contributed by atoms with Gasteiger partial charge < -0.3 is 20.1 Å². The fraction of sp³-hybridized carbons (Fsp3) is 0.0952. The molecule has 0 aliphatic carbocycles. The second kappa shape index (κ2) is 7.40. The molecular formula is C21H16O7. The van der Waals surface area contributed by atoms with Crippen molar-refractivity contribution >= 4 is 39.5 Å². The van der Waals surface area contributed by atoms with Crippen molar-refractivity contribution in [2.75, 3.05) is 6.61 Å². The molecule has 0 atom stereocenters. The first-order valence-electron chi connectivity index (χ1n) is 8.31. The Labute approximate surface area is 159 Å². The number of aromatic hydroxyl groups is 1. The molecule has 0 radical (unpaired) electrons. The molecule has 0 fully saturated rings. The van der Waals surface area contributed by atoms with Gasteiger partial charge in [-0.15, -0.1) is 0 Å². The second-order valence-corrected chi connectivity index (χ2v) is 6.06. The first-order valence-corrected chi connectivity index (χ1v) is 8.31. The van der Waals surface area contributed by atoms with Crippen LogP contribution in [0, 0.1) is 0 Å². The molecule has 3 aromatic rings. The lowest BCUT2D eigenvalue weighted by molar-refractivity contribution is -0.137. The molecule has 0 saturated carbocycles. The number of carboxylic acid groups (broad SMARTS) is 2. The minimum Gasteiger partial charge on any atom is -0.507 e. The van der Waals surface area contributed by atoms with Gasteiger partial charge in [-0.2, -0.15) is 0 Å². The van der Waals surface area contributed by atoms with Crippen LogP contribution in [0.1, 0.15) is 26.3 Å². The van der Waals surface area contributed by atoms with Crippen LogP contribution in [0.25, 0.3) is 21.5 Å². The van der Waals surface area contributed by atoms with E-state index in [9.17, 15) is 29.7 Å². The normalized spacial score (nSPS) is 10.7. The number of fused-ring (bicyclic) bond motifs is 3. The highest BCUT2D eigenvalue weighted by Gasteiger charge is 2.21. The highest BCUT2D eigenvalue weighted by molar-refractivity contribution is 6.22. The number of ether oxygens (including phenoxy) is 1. The summed E-state index contributed by atoms with van der Waals surface area (Å²) in [5.41, 5.74) is 0.0729. The lowest BCUT2D eigenvalue weighted by atomic mass is 9.91. The van der Waals surface area contributed by atoms with Gasteiger partial charge in [0, 0.05) is 28.7 Å². The molecule has 0 saturated heterocycles. The lowest BCUT2D eigenvalue weighted by Gasteiger charge is -2.14. The molecule has 0 aromatic heterocycles. The zero-order chi connectivity index (χ0) is 20.4. The van der Waals surface area contributed by atoms with E-state index in [0.717, 1.165) is 6.08 Å². The third-order valence-corrected chi connectivity index (χ3v) is 4.44. The van der Waals surface area contributed by atoms with Crippen molar-refractivity contribution in [3.63, 3.8) is 0 Å².